The minimum atomic E-state index is -0.375. The van der Waals surface area contributed by atoms with E-state index in [1.807, 2.05) is 37.3 Å². The van der Waals surface area contributed by atoms with Gasteiger partial charge in [-0.25, -0.2) is 4.79 Å². The molecule has 0 saturated heterocycles. The van der Waals surface area contributed by atoms with Gasteiger partial charge in [0.15, 0.2) is 0 Å². The number of hydrogen-bond acceptors (Lipinski definition) is 3. The van der Waals surface area contributed by atoms with Crippen molar-refractivity contribution in [3.63, 3.8) is 0 Å². The zero-order valence-corrected chi connectivity index (χ0v) is 10.3. The van der Waals surface area contributed by atoms with Gasteiger partial charge in [0, 0.05) is 5.57 Å². The van der Waals surface area contributed by atoms with Crippen LogP contribution in [0.3, 0.4) is 0 Å². The Morgan fingerprint density at radius 1 is 1.35 bits per heavy atom. The number of carbonyl (C=O) groups is 1. The molecule has 0 fully saturated rings. The third-order valence-corrected chi connectivity index (χ3v) is 2.17. The lowest BCUT2D eigenvalue weighted by Gasteiger charge is -2.13. The Balaban J connectivity index is 2.24. The first kappa shape index (κ1) is 13.5. The van der Waals surface area contributed by atoms with Crippen molar-refractivity contribution in [2.45, 2.75) is 26.6 Å². The molecule has 3 heteroatoms. The average Bonchev–Trinajstić information content (AvgIpc) is 2.34. The predicted octanol–water partition coefficient (Wildman–Crippen LogP) is 2.71. The van der Waals surface area contributed by atoms with Crippen LogP contribution in [-0.2, 0) is 20.9 Å². The SMILES string of the molecule is C=C(C)C(=O)OCC(C)OCc1ccccc1. The molecule has 0 bridgehead atoms. The van der Waals surface area contributed by atoms with Gasteiger partial charge in [0.25, 0.3) is 0 Å². The molecule has 0 aliphatic carbocycles. The summed E-state index contributed by atoms with van der Waals surface area (Å²) in [6.45, 7) is 7.77. The van der Waals surface area contributed by atoms with E-state index in [0.29, 0.717) is 12.2 Å². The van der Waals surface area contributed by atoms with Crippen molar-refractivity contribution < 1.29 is 14.3 Å². The van der Waals surface area contributed by atoms with Crippen LogP contribution in [0.2, 0.25) is 0 Å². The maximum Gasteiger partial charge on any atom is 0.333 e. The molecule has 0 saturated carbocycles. The summed E-state index contributed by atoms with van der Waals surface area (Å²) < 4.78 is 10.5. The second-order valence-electron chi connectivity index (χ2n) is 3.99. The van der Waals surface area contributed by atoms with Crippen LogP contribution in [0.25, 0.3) is 0 Å². The smallest absolute Gasteiger partial charge is 0.333 e. The molecule has 1 aromatic rings. The summed E-state index contributed by atoms with van der Waals surface area (Å²) >= 11 is 0. The van der Waals surface area contributed by atoms with Gasteiger partial charge in [-0.2, -0.15) is 0 Å². The largest absolute Gasteiger partial charge is 0.460 e. The highest BCUT2D eigenvalue weighted by Crippen LogP contribution is 2.04. The lowest BCUT2D eigenvalue weighted by molar-refractivity contribution is -0.143. The summed E-state index contributed by atoms with van der Waals surface area (Å²) in [4.78, 5) is 11.1. The molecule has 0 aliphatic heterocycles. The predicted molar refractivity (Wildman–Crippen MR) is 66.5 cm³/mol. The van der Waals surface area contributed by atoms with Gasteiger partial charge in [-0.3, -0.25) is 0 Å². The summed E-state index contributed by atoms with van der Waals surface area (Å²) in [5.74, 6) is -0.375. The second-order valence-corrected chi connectivity index (χ2v) is 3.99. The van der Waals surface area contributed by atoms with Crippen molar-refractivity contribution in [1.29, 1.82) is 0 Å². The lowest BCUT2D eigenvalue weighted by atomic mass is 10.2. The number of benzene rings is 1. The molecule has 0 heterocycles. The number of hydrogen-bond donors (Lipinski definition) is 0. The molecule has 3 nitrogen and oxygen atoms in total. The fourth-order valence-electron chi connectivity index (χ4n) is 1.18. The van der Waals surface area contributed by atoms with E-state index in [1.165, 1.54) is 0 Å². The number of carbonyl (C=O) groups excluding carboxylic acids is 1. The van der Waals surface area contributed by atoms with E-state index in [-0.39, 0.29) is 18.7 Å². The van der Waals surface area contributed by atoms with Crippen molar-refractivity contribution in [2.75, 3.05) is 6.61 Å². The van der Waals surface area contributed by atoms with Gasteiger partial charge in [-0.1, -0.05) is 36.9 Å². The Hall–Kier alpha value is -1.61. The van der Waals surface area contributed by atoms with Crippen LogP contribution in [0.4, 0.5) is 0 Å². The molecule has 1 rings (SSSR count). The van der Waals surface area contributed by atoms with Crippen molar-refractivity contribution >= 4 is 5.97 Å². The Labute approximate surface area is 102 Å². The van der Waals surface area contributed by atoms with E-state index in [9.17, 15) is 4.79 Å². The van der Waals surface area contributed by atoms with Crippen LogP contribution >= 0.6 is 0 Å². The summed E-state index contributed by atoms with van der Waals surface area (Å²) in [5, 5.41) is 0. The molecule has 0 spiro atoms. The molecule has 17 heavy (non-hydrogen) atoms. The minimum absolute atomic E-state index is 0.126. The Morgan fingerprint density at radius 3 is 2.59 bits per heavy atom. The van der Waals surface area contributed by atoms with Gasteiger partial charge in [-0.05, 0) is 19.4 Å². The maximum absolute atomic E-state index is 11.1. The average molecular weight is 234 g/mol. The molecule has 0 amide bonds. The van der Waals surface area contributed by atoms with Gasteiger partial charge in [-0.15, -0.1) is 0 Å². The standard InChI is InChI=1S/C14H18O3/c1-11(2)14(15)17-9-12(3)16-10-13-7-5-4-6-8-13/h4-8,12H,1,9-10H2,2-3H3. The monoisotopic (exact) mass is 234 g/mol. The van der Waals surface area contributed by atoms with Crippen LogP contribution < -0.4 is 0 Å². The van der Waals surface area contributed by atoms with E-state index >= 15 is 0 Å². The fourth-order valence-corrected chi connectivity index (χ4v) is 1.18. The molecular formula is C14H18O3. The van der Waals surface area contributed by atoms with Crippen molar-refractivity contribution in [3.8, 4) is 0 Å². The zero-order valence-electron chi connectivity index (χ0n) is 10.3. The Morgan fingerprint density at radius 2 is 2.00 bits per heavy atom. The zero-order chi connectivity index (χ0) is 12.7. The highest BCUT2D eigenvalue weighted by Gasteiger charge is 2.08. The van der Waals surface area contributed by atoms with Crippen LogP contribution in [0, 0.1) is 0 Å². The lowest BCUT2D eigenvalue weighted by Crippen LogP contribution is -2.19. The summed E-state index contributed by atoms with van der Waals surface area (Å²) in [7, 11) is 0. The molecule has 0 aromatic heterocycles. The van der Waals surface area contributed by atoms with E-state index in [1.54, 1.807) is 6.92 Å². The van der Waals surface area contributed by atoms with E-state index in [4.69, 9.17) is 9.47 Å². The number of ether oxygens (including phenoxy) is 2. The van der Waals surface area contributed by atoms with Gasteiger partial charge in [0.1, 0.15) is 6.61 Å². The molecule has 1 aromatic carbocycles. The summed E-state index contributed by atoms with van der Waals surface area (Å²) in [5.41, 5.74) is 1.51. The normalized spacial score (nSPS) is 11.9. The quantitative estimate of drug-likeness (QED) is 0.561. The van der Waals surface area contributed by atoms with Crippen LogP contribution in [0.1, 0.15) is 19.4 Å². The molecule has 1 unspecified atom stereocenters. The Kier molecular flexibility index (Phi) is 5.43. The van der Waals surface area contributed by atoms with E-state index in [0.717, 1.165) is 5.56 Å². The maximum atomic E-state index is 11.1. The molecule has 0 radical (unpaired) electrons. The van der Waals surface area contributed by atoms with Crippen LogP contribution in [0.15, 0.2) is 42.5 Å². The molecule has 1 atom stereocenters. The third-order valence-electron chi connectivity index (χ3n) is 2.17. The van der Waals surface area contributed by atoms with Gasteiger partial charge < -0.3 is 9.47 Å². The summed E-state index contributed by atoms with van der Waals surface area (Å²) in [6, 6.07) is 9.87. The number of esters is 1. The van der Waals surface area contributed by atoms with Gasteiger partial charge in [0.2, 0.25) is 0 Å². The molecule has 0 N–H and O–H groups in total. The highest BCUT2D eigenvalue weighted by molar-refractivity contribution is 5.86. The van der Waals surface area contributed by atoms with Crippen molar-refractivity contribution in [1.82, 2.24) is 0 Å². The van der Waals surface area contributed by atoms with Crippen molar-refractivity contribution in [3.05, 3.63) is 48.0 Å². The fraction of sp³-hybridized carbons (Fsp3) is 0.357. The minimum Gasteiger partial charge on any atom is -0.460 e. The van der Waals surface area contributed by atoms with Gasteiger partial charge >= 0.3 is 5.97 Å². The van der Waals surface area contributed by atoms with E-state index < -0.39 is 0 Å². The van der Waals surface area contributed by atoms with Crippen LogP contribution in [-0.4, -0.2) is 18.7 Å². The topological polar surface area (TPSA) is 35.5 Å². The summed E-state index contributed by atoms with van der Waals surface area (Å²) in [6.07, 6.45) is -0.126. The van der Waals surface area contributed by atoms with Gasteiger partial charge in [0.05, 0.1) is 12.7 Å². The third kappa shape index (κ3) is 5.31. The second kappa shape index (κ2) is 6.86. The van der Waals surface area contributed by atoms with E-state index in [2.05, 4.69) is 6.58 Å². The Bertz CT molecular complexity index is 370. The first-order valence-corrected chi connectivity index (χ1v) is 5.57. The molecule has 92 valence electrons. The highest BCUT2D eigenvalue weighted by atomic mass is 16.6. The first-order chi connectivity index (χ1) is 8.09. The van der Waals surface area contributed by atoms with Crippen molar-refractivity contribution in [2.24, 2.45) is 0 Å². The molecular weight excluding hydrogens is 216 g/mol. The molecule has 0 aliphatic rings. The number of rotatable bonds is 6. The van der Waals surface area contributed by atoms with Crippen LogP contribution in [0.5, 0.6) is 0 Å². The first-order valence-electron chi connectivity index (χ1n) is 5.57.